The van der Waals surface area contributed by atoms with Crippen LogP contribution in [-0.2, 0) is 5.41 Å². The maximum atomic E-state index is 4.31. The van der Waals surface area contributed by atoms with E-state index in [4.69, 9.17) is 0 Å². The minimum absolute atomic E-state index is 0.157. The van der Waals surface area contributed by atoms with Crippen LogP contribution in [0.4, 0.5) is 11.5 Å². The number of nitrogens with one attached hydrogen (secondary N) is 1. The summed E-state index contributed by atoms with van der Waals surface area (Å²) in [6.45, 7) is 6.61. The molecule has 5 nitrogen and oxygen atoms in total. The molecule has 0 aliphatic rings. The van der Waals surface area contributed by atoms with Crippen molar-refractivity contribution < 1.29 is 0 Å². The molecule has 3 rings (SSSR count). The highest BCUT2D eigenvalue weighted by Crippen LogP contribution is 2.25. The lowest BCUT2D eigenvalue weighted by molar-refractivity contribution is 0.590. The van der Waals surface area contributed by atoms with Crippen molar-refractivity contribution in [1.29, 1.82) is 0 Å². The summed E-state index contributed by atoms with van der Waals surface area (Å²) in [6, 6.07) is 8.38. The van der Waals surface area contributed by atoms with Gasteiger partial charge in [-0.05, 0) is 23.1 Å². The number of fused-ring (bicyclic) bond motifs is 1. The third-order valence-electron chi connectivity index (χ3n) is 3.23. The summed E-state index contributed by atoms with van der Waals surface area (Å²) >= 11 is 0. The molecular weight excluding hydrogens is 250 g/mol. The highest BCUT2D eigenvalue weighted by Gasteiger charge is 2.13. The normalized spacial score (nSPS) is 11.8. The van der Waals surface area contributed by atoms with Gasteiger partial charge in [-0.2, -0.15) is 0 Å². The number of benzene rings is 1. The lowest BCUT2D eigenvalue weighted by atomic mass is 9.87. The van der Waals surface area contributed by atoms with Crippen molar-refractivity contribution in [2.24, 2.45) is 0 Å². The lowest BCUT2D eigenvalue weighted by Crippen LogP contribution is -2.10. The lowest BCUT2D eigenvalue weighted by Gasteiger charge is -2.19. The highest BCUT2D eigenvalue weighted by molar-refractivity contribution is 5.69. The molecule has 1 aromatic carbocycles. The third kappa shape index (κ3) is 2.34. The Morgan fingerprint density at radius 3 is 2.55 bits per heavy atom. The van der Waals surface area contributed by atoms with Crippen molar-refractivity contribution in [3.8, 4) is 0 Å². The first-order chi connectivity index (χ1) is 9.54. The molecule has 3 aromatic rings. The van der Waals surface area contributed by atoms with Crippen LogP contribution >= 0.6 is 0 Å². The van der Waals surface area contributed by atoms with Crippen LogP contribution in [0.2, 0.25) is 0 Å². The second-order valence-corrected chi connectivity index (χ2v) is 5.79. The van der Waals surface area contributed by atoms with E-state index in [9.17, 15) is 0 Å². The number of hydrogen-bond acceptors (Lipinski definition) is 4. The number of hydrogen-bond donors (Lipinski definition) is 1. The minimum atomic E-state index is 0.157. The van der Waals surface area contributed by atoms with Crippen LogP contribution in [0.1, 0.15) is 26.3 Å². The van der Waals surface area contributed by atoms with E-state index < -0.39 is 0 Å². The van der Waals surface area contributed by atoms with Crippen molar-refractivity contribution in [1.82, 2.24) is 19.6 Å². The van der Waals surface area contributed by atoms with Crippen LogP contribution in [0.3, 0.4) is 0 Å². The molecule has 0 atom stereocenters. The molecule has 2 heterocycles. The number of anilines is 2. The van der Waals surface area contributed by atoms with Gasteiger partial charge in [0.05, 0.1) is 0 Å². The Morgan fingerprint density at radius 2 is 1.85 bits per heavy atom. The zero-order chi connectivity index (χ0) is 14.2. The van der Waals surface area contributed by atoms with Gasteiger partial charge in [-0.15, -0.1) is 10.2 Å². The smallest absolute Gasteiger partial charge is 0.203 e. The molecule has 0 saturated carbocycles. The van der Waals surface area contributed by atoms with Crippen molar-refractivity contribution in [2.45, 2.75) is 26.2 Å². The fourth-order valence-corrected chi connectivity index (χ4v) is 2.04. The van der Waals surface area contributed by atoms with Crippen molar-refractivity contribution >= 4 is 17.2 Å². The van der Waals surface area contributed by atoms with E-state index in [2.05, 4.69) is 65.5 Å². The molecule has 0 spiro atoms. The summed E-state index contributed by atoms with van der Waals surface area (Å²) in [6.07, 6.45) is 5.20. The largest absolute Gasteiger partial charge is 0.337 e. The fourth-order valence-electron chi connectivity index (χ4n) is 2.04. The van der Waals surface area contributed by atoms with Gasteiger partial charge < -0.3 is 5.32 Å². The third-order valence-corrected chi connectivity index (χ3v) is 3.23. The molecule has 20 heavy (non-hydrogen) atoms. The molecule has 0 fully saturated rings. The van der Waals surface area contributed by atoms with Gasteiger partial charge in [0.25, 0.3) is 0 Å². The Hall–Kier alpha value is -2.43. The fraction of sp³-hybridized carbons (Fsp3) is 0.267. The summed E-state index contributed by atoms with van der Waals surface area (Å²) in [4.78, 5) is 4.31. The predicted molar refractivity (Wildman–Crippen MR) is 79.2 cm³/mol. The topological polar surface area (TPSA) is 55.1 Å². The molecule has 0 saturated heterocycles. The average molecular weight is 267 g/mol. The first-order valence-electron chi connectivity index (χ1n) is 6.56. The first-order valence-corrected chi connectivity index (χ1v) is 6.56. The van der Waals surface area contributed by atoms with Gasteiger partial charge in [-0.25, -0.2) is 4.98 Å². The van der Waals surface area contributed by atoms with E-state index in [-0.39, 0.29) is 5.41 Å². The maximum absolute atomic E-state index is 4.31. The molecular formula is C15H17N5. The van der Waals surface area contributed by atoms with Gasteiger partial charge in [-0.3, -0.25) is 4.40 Å². The quantitative estimate of drug-likeness (QED) is 0.775. The van der Waals surface area contributed by atoms with Crippen LogP contribution in [0, 0.1) is 0 Å². The average Bonchev–Trinajstić information content (AvgIpc) is 2.88. The van der Waals surface area contributed by atoms with E-state index in [1.807, 2.05) is 10.6 Å². The predicted octanol–water partition coefficient (Wildman–Crippen LogP) is 3.17. The minimum Gasteiger partial charge on any atom is -0.337 e. The number of aromatic nitrogens is 4. The van der Waals surface area contributed by atoms with E-state index in [1.54, 1.807) is 12.5 Å². The standard InChI is InChI=1S/C15H17N5/c1-15(2,3)11-4-6-12(7-5-11)18-13-14-19-17-10-20(14)9-8-16-13/h4-10H,1-3H3,(H,16,18). The SMILES string of the molecule is CC(C)(C)c1ccc(Nc2nccn3cnnc23)cc1. The van der Waals surface area contributed by atoms with E-state index in [0.29, 0.717) is 11.5 Å². The molecule has 102 valence electrons. The summed E-state index contributed by atoms with van der Waals surface area (Å²) in [5.74, 6) is 0.702. The first kappa shape index (κ1) is 12.6. The van der Waals surface area contributed by atoms with Gasteiger partial charge >= 0.3 is 0 Å². The summed E-state index contributed by atoms with van der Waals surface area (Å²) in [5, 5.41) is 11.2. The zero-order valence-corrected chi connectivity index (χ0v) is 11.8. The maximum Gasteiger partial charge on any atom is 0.203 e. The summed E-state index contributed by atoms with van der Waals surface area (Å²) in [5.41, 5.74) is 3.16. The molecule has 1 N–H and O–H groups in total. The molecule has 0 aliphatic heterocycles. The number of nitrogens with zero attached hydrogens (tertiary/aromatic N) is 4. The van der Waals surface area contributed by atoms with Crippen molar-refractivity contribution in [3.63, 3.8) is 0 Å². The van der Waals surface area contributed by atoms with Crippen molar-refractivity contribution in [3.05, 3.63) is 48.5 Å². The van der Waals surface area contributed by atoms with Crippen LogP contribution < -0.4 is 5.32 Å². The van der Waals surface area contributed by atoms with Gasteiger partial charge in [0.1, 0.15) is 6.33 Å². The second-order valence-electron chi connectivity index (χ2n) is 5.79. The van der Waals surface area contributed by atoms with Crippen LogP contribution in [-0.4, -0.2) is 19.6 Å². The van der Waals surface area contributed by atoms with Gasteiger partial charge in [-0.1, -0.05) is 32.9 Å². The Bertz CT molecular complexity index is 722. The monoisotopic (exact) mass is 267 g/mol. The number of rotatable bonds is 2. The second kappa shape index (κ2) is 4.59. The van der Waals surface area contributed by atoms with Crippen molar-refractivity contribution in [2.75, 3.05) is 5.32 Å². The molecule has 2 aromatic heterocycles. The Balaban J connectivity index is 1.90. The van der Waals surface area contributed by atoms with Crippen LogP contribution in [0.25, 0.3) is 5.65 Å². The Kier molecular flexibility index (Phi) is 2.89. The summed E-state index contributed by atoms with van der Waals surface area (Å²) in [7, 11) is 0. The zero-order valence-electron chi connectivity index (χ0n) is 11.8. The van der Waals surface area contributed by atoms with Gasteiger partial charge in [0.15, 0.2) is 5.82 Å². The molecule has 0 radical (unpaired) electrons. The Labute approximate surface area is 117 Å². The molecule has 0 aliphatic carbocycles. The van der Waals surface area contributed by atoms with Gasteiger partial charge in [0.2, 0.25) is 5.65 Å². The molecule has 0 amide bonds. The van der Waals surface area contributed by atoms with E-state index in [1.165, 1.54) is 5.56 Å². The van der Waals surface area contributed by atoms with E-state index in [0.717, 1.165) is 5.69 Å². The summed E-state index contributed by atoms with van der Waals surface area (Å²) < 4.78 is 1.83. The van der Waals surface area contributed by atoms with Gasteiger partial charge in [0, 0.05) is 18.1 Å². The highest BCUT2D eigenvalue weighted by atomic mass is 15.2. The Morgan fingerprint density at radius 1 is 1.10 bits per heavy atom. The molecule has 0 bridgehead atoms. The molecule has 5 heteroatoms. The molecule has 0 unspecified atom stereocenters. The van der Waals surface area contributed by atoms with Crippen LogP contribution in [0.15, 0.2) is 43.0 Å². The van der Waals surface area contributed by atoms with E-state index >= 15 is 0 Å². The van der Waals surface area contributed by atoms with Crippen LogP contribution in [0.5, 0.6) is 0 Å².